The van der Waals surface area contributed by atoms with Crippen LogP contribution in [0, 0.1) is 12.7 Å². The zero-order chi connectivity index (χ0) is 19.8. The highest BCUT2D eigenvalue weighted by Crippen LogP contribution is 2.41. The van der Waals surface area contributed by atoms with E-state index in [1.807, 2.05) is 5.38 Å². The van der Waals surface area contributed by atoms with Gasteiger partial charge < -0.3 is 5.32 Å². The summed E-state index contributed by atoms with van der Waals surface area (Å²) in [5, 5.41) is 8.61. The number of hydrogen-bond donors (Lipinski definition) is 2. The molecule has 0 atom stereocenters. The van der Waals surface area contributed by atoms with Crippen LogP contribution in [0.5, 0.6) is 0 Å². The van der Waals surface area contributed by atoms with Gasteiger partial charge in [-0.3, -0.25) is 14.9 Å². The third-order valence-electron chi connectivity index (χ3n) is 4.27. The second-order valence-electron chi connectivity index (χ2n) is 6.51. The SMILES string of the molecule is Cc1cc(NC(=O)c2ccc(F)cc2Cl)sc1C(=O)Nc1nc(C2CC2)cs1. The molecule has 1 aromatic carbocycles. The van der Waals surface area contributed by atoms with Gasteiger partial charge in [0.1, 0.15) is 5.82 Å². The average molecular weight is 436 g/mol. The number of hydrogen-bond acceptors (Lipinski definition) is 5. The molecule has 0 bridgehead atoms. The number of aryl methyl sites for hydroxylation is 1. The zero-order valence-electron chi connectivity index (χ0n) is 14.7. The number of anilines is 2. The zero-order valence-corrected chi connectivity index (χ0v) is 17.1. The molecule has 1 aliphatic carbocycles. The lowest BCUT2D eigenvalue weighted by Crippen LogP contribution is -2.12. The molecule has 0 saturated heterocycles. The van der Waals surface area contributed by atoms with Crippen LogP contribution in [0.1, 0.15) is 50.0 Å². The molecule has 1 aliphatic rings. The van der Waals surface area contributed by atoms with Crippen molar-refractivity contribution < 1.29 is 14.0 Å². The minimum Gasteiger partial charge on any atom is -0.313 e. The van der Waals surface area contributed by atoms with Gasteiger partial charge in [0.25, 0.3) is 11.8 Å². The lowest BCUT2D eigenvalue weighted by Gasteiger charge is -2.04. The van der Waals surface area contributed by atoms with Crippen molar-refractivity contribution in [1.29, 1.82) is 0 Å². The first kappa shape index (κ1) is 19.0. The van der Waals surface area contributed by atoms with Gasteiger partial charge in [-0.2, -0.15) is 0 Å². The standard InChI is InChI=1S/C19H15ClFN3O2S2/c1-9-6-15(23-17(25)12-5-4-11(21)7-13(12)20)28-16(9)18(26)24-19-22-14(8-27-19)10-2-3-10/h4-8,10H,2-3H2,1H3,(H,23,25)(H,22,24,26). The summed E-state index contributed by atoms with van der Waals surface area (Å²) in [6.45, 7) is 1.80. The summed E-state index contributed by atoms with van der Waals surface area (Å²) in [4.78, 5) is 29.9. The van der Waals surface area contributed by atoms with Gasteiger partial charge >= 0.3 is 0 Å². The van der Waals surface area contributed by atoms with Gasteiger partial charge in [0.2, 0.25) is 0 Å². The number of nitrogens with one attached hydrogen (secondary N) is 2. The number of amides is 2. The van der Waals surface area contributed by atoms with Crippen molar-refractivity contribution in [3.05, 3.63) is 62.2 Å². The van der Waals surface area contributed by atoms with E-state index in [1.165, 1.54) is 23.5 Å². The van der Waals surface area contributed by atoms with Gasteiger partial charge in [-0.1, -0.05) is 11.6 Å². The maximum atomic E-state index is 13.1. The Morgan fingerprint density at radius 3 is 2.71 bits per heavy atom. The fourth-order valence-corrected chi connectivity index (χ4v) is 4.69. The van der Waals surface area contributed by atoms with E-state index in [4.69, 9.17) is 11.6 Å². The molecule has 0 radical (unpaired) electrons. The Morgan fingerprint density at radius 1 is 1.21 bits per heavy atom. The van der Waals surface area contributed by atoms with E-state index < -0.39 is 11.7 Å². The van der Waals surface area contributed by atoms with Crippen LogP contribution >= 0.6 is 34.3 Å². The Bertz CT molecular complexity index is 1080. The van der Waals surface area contributed by atoms with E-state index in [-0.39, 0.29) is 16.5 Å². The summed E-state index contributed by atoms with van der Waals surface area (Å²) < 4.78 is 13.1. The van der Waals surface area contributed by atoms with Gasteiger partial charge in [-0.25, -0.2) is 9.37 Å². The van der Waals surface area contributed by atoms with E-state index in [9.17, 15) is 14.0 Å². The molecule has 0 aliphatic heterocycles. The molecule has 0 unspecified atom stereocenters. The minimum absolute atomic E-state index is 0.0268. The molecular formula is C19H15ClFN3O2S2. The van der Waals surface area contributed by atoms with E-state index >= 15 is 0 Å². The second-order valence-corrected chi connectivity index (χ2v) is 8.82. The molecule has 28 heavy (non-hydrogen) atoms. The van der Waals surface area contributed by atoms with Crippen LogP contribution in [-0.2, 0) is 0 Å². The molecule has 2 N–H and O–H groups in total. The van der Waals surface area contributed by atoms with E-state index in [0.717, 1.165) is 41.5 Å². The highest BCUT2D eigenvalue weighted by molar-refractivity contribution is 7.18. The monoisotopic (exact) mass is 435 g/mol. The van der Waals surface area contributed by atoms with Crippen LogP contribution in [-0.4, -0.2) is 16.8 Å². The summed E-state index contributed by atoms with van der Waals surface area (Å²) in [5.74, 6) is -0.711. The Balaban J connectivity index is 1.46. The molecule has 4 rings (SSSR count). The van der Waals surface area contributed by atoms with Gasteiger partial charge in [0.05, 0.1) is 26.2 Å². The van der Waals surface area contributed by atoms with Crippen LogP contribution in [0.2, 0.25) is 5.02 Å². The molecule has 2 amide bonds. The molecule has 1 fully saturated rings. The largest absolute Gasteiger partial charge is 0.313 e. The molecule has 1 saturated carbocycles. The van der Waals surface area contributed by atoms with Gasteiger partial charge in [-0.15, -0.1) is 22.7 Å². The summed E-state index contributed by atoms with van der Waals surface area (Å²) in [7, 11) is 0. The van der Waals surface area contributed by atoms with Crippen LogP contribution in [0.25, 0.3) is 0 Å². The molecule has 9 heteroatoms. The highest BCUT2D eigenvalue weighted by Gasteiger charge is 2.26. The fourth-order valence-electron chi connectivity index (χ4n) is 2.69. The number of rotatable bonds is 5. The van der Waals surface area contributed by atoms with Crippen LogP contribution in [0.4, 0.5) is 14.5 Å². The predicted octanol–water partition coefficient (Wildman–Crippen LogP) is 5.69. The third kappa shape index (κ3) is 4.09. The van der Waals surface area contributed by atoms with E-state index in [1.54, 1.807) is 13.0 Å². The number of halogens is 2. The number of nitrogens with zero attached hydrogens (tertiary/aromatic N) is 1. The first-order valence-corrected chi connectivity index (χ1v) is 10.6. The number of aromatic nitrogens is 1. The maximum Gasteiger partial charge on any atom is 0.267 e. The fraction of sp³-hybridized carbons (Fsp3) is 0.211. The average Bonchev–Trinajstić information content (AvgIpc) is 3.27. The summed E-state index contributed by atoms with van der Waals surface area (Å²) in [6.07, 6.45) is 2.31. The first-order valence-electron chi connectivity index (χ1n) is 8.54. The molecule has 0 spiro atoms. The molecule has 2 aromatic heterocycles. The van der Waals surface area contributed by atoms with Crippen molar-refractivity contribution in [2.75, 3.05) is 10.6 Å². The number of carbonyl (C=O) groups is 2. The van der Waals surface area contributed by atoms with E-state index in [0.29, 0.717) is 20.9 Å². The smallest absolute Gasteiger partial charge is 0.267 e. The van der Waals surface area contributed by atoms with Crippen molar-refractivity contribution in [3.63, 3.8) is 0 Å². The molecule has 144 valence electrons. The lowest BCUT2D eigenvalue weighted by molar-refractivity contribution is 0.102. The first-order chi connectivity index (χ1) is 13.4. The summed E-state index contributed by atoms with van der Waals surface area (Å²) in [5.41, 5.74) is 1.94. The maximum absolute atomic E-state index is 13.1. The van der Waals surface area contributed by atoms with Crippen LogP contribution < -0.4 is 10.6 Å². The number of thiophene rings is 1. The highest BCUT2D eigenvalue weighted by atomic mass is 35.5. The minimum atomic E-state index is -0.514. The second kappa shape index (κ2) is 7.62. The Kier molecular flexibility index (Phi) is 5.18. The van der Waals surface area contributed by atoms with Gasteiger partial charge in [0.15, 0.2) is 5.13 Å². The summed E-state index contributed by atoms with van der Waals surface area (Å²) in [6, 6.07) is 5.29. The Hall–Kier alpha value is -2.29. The number of thiazole rings is 1. The third-order valence-corrected chi connectivity index (χ3v) is 6.51. The van der Waals surface area contributed by atoms with Crippen LogP contribution in [0.15, 0.2) is 29.6 Å². The van der Waals surface area contributed by atoms with Crippen molar-refractivity contribution in [2.24, 2.45) is 0 Å². The van der Waals surface area contributed by atoms with Gasteiger partial charge in [0, 0.05) is 11.3 Å². The van der Waals surface area contributed by atoms with Crippen LogP contribution in [0.3, 0.4) is 0 Å². The molecule has 2 heterocycles. The summed E-state index contributed by atoms with van der Waals surface area (Å²) >= 11 is 8.50. The van der Waals surface area contributed by atoms with Crippen molar-refractivity contribution >= 4 is 56.2 Å². The van der Waals surface area contributed by atoms with E-state index in [2.05, 4.69) is 15.6 Å². The number of benzene rings is 1. The molecular weight excluding hydrogens is 421 g/mol. The Labute approximate surface area is 173 Å². The normalized spacial score (nSPS) is 13.4. The molecule has 5 nitrogen and oxygen atoms in total. The quantitative estimate of drug-likeness (QED) is 0.541. The predicted molar refractivity (Wildman–Crippen MR) is 110 cm³/mol. The van der Waals surface area contributed by atoms with Gasteiger partial charge in [-0.05, 0) is 49.6 Å². The topological polar surface area (TPSA) is 71.1 Å². The molecule has 3 aromatic rings. The number of carbonyl (C=O) groups excluding carboxylic acids is 2. The van der Waals surface area contributed by atoms with Crippen molar-refractivity contribution in [2.45, 2.75) is 25.7 Å². The van der Waals surface area contributed by atoms with Crippen molar-refractivity contribution in [1.82, 2.24) is 4.98 Å². The lowest BCUT2D eigenvalue weighted by atomic mass is 10.2. The van der Waals surface area contributed by atoms with Crippen molar-refractivity contribution in [3.8, 4) is 0 Å². The Morgan fingerprint density at radius 2 is 2.00 bits per heavy atom.